The third-order valence-electron chi connectivity index (χ3n) is 3.67. The second-order valence-electron chi connectivity index (χ2n) is 5.12. The Kier molecular flexibility index (Phi) is 4.40. The molecule has 0 unspecified atom stereocenters. The monoisotopic (exact) mass is 384 g/mol. The molecule has 2 aromatic heterocycles. The molecule has 2 N–H and O–H groups in total. The lowest BCUT2D eigenvalue weighted by Crippen LogP contribution is -2.22. The quantitative estimate of drug-likeness (QED) is 0.717. The van der Waals surface area contributed by atoms with Gasteiger partial charge in [0.2, 0.25) is 11.8 Å². The zero-order chi connectivity index (χ0) is 19.1. The van der Waals surface area contributed by atoms with Crippen molar-refractivity contribution < 1.29 is 26.7 Å². The fourth-order valence-electron chi connectivity index (χ4n) is 2.55. The number of nitrogens with zero attached hydrogens (tertiary/aromatic N) is 3. The summed E-state index contributed by atoms with van der Waals surface area (Å²) in [6, 6.07) is 7.44. The lowest BCUT2D eigenvalue weighted by atomic mass is 10.1. The topological polar surface area (TPSA) is 109 Å². The summed E-state index contributed by atoms with van der Waals surface area (Å²) >= 11 is 0. The van der Waals surface area contributed by atoms with Gasteiger partial charge >= 0.3 is 15.8 Å². The highest BCUT2D eigenvalue weighted by Gasteiger charge is 2.32. The van der Waals surface area contributed by atoms with Crippen molar-refractivity contribution in [3.05, 3.63) is 30.3 Å². The number of methoxy groups -OCH3 is 2. The number of anilines is 1. The van der Waals surface area contributed by atoms with E-state index in [4.69, 9.17) is 15.2 Å². The highest BCUT2D eigenvalue weighted by Crippen LogP contribution is 2.38. The van der Waals surface area contributed by atoms with Crippen LogP contribution in [0.3, 0.4) is 0 Å². The molecule has 138 valence electrons. The van der Waals surface area contributed by atoms with Gasteiger partial charge in [0.25, 0.3) is 0 Å². The number of halogens is 2. The first-order valence-electron chi connectivity index (χ1n) is 7.20. The summed E-state index contributed by atoms with van der Waals surface area (Å²) < 4.78 is 61.0. The number of hydrogen-bond donors (Lipinski definition) is 1. The summed E-state index contributed by atoms with van der Waals surface area (Å²) in [6.45, 7) is 0. The molecule has 0 fully saturated rings. The number of nitrogens with two attached hydrogens (primary N) is 1. The van der Waals surface area contributed by atoms with Crippen molar-refractivity contribution in [3.8, 4) is 23.1 Å². The Hall–Kier alpha value is -2.95. The van der Waals surface area contributed by atoms with Crippen LogP contribution in [0.25, 0.3) is 22.3 Å². The van der Waals surface area contributed by atoms with Gasteiger partial charge in [-0.1, -0.05) is 18.2 Å². The largest absolute Gasteiger partial charge is 0.481 e. The van der Waals surface area contributed by atoms with Crippen LogP contribution >= 0.6 is 0 Å². The van der Waals surface area contributed by atoms with E-state index in [0.717, 1.165) is 0 Å². The van der Waals surface area contributed by atoms with Crippen LogP contribution in [0.1, 0.15) is 0 Å². The van der Waals surface area contributed by atoms with Gasteiger partial charge in [-0.25, -0.2) is 3.97 Å². The van der Waals surface area contributed by atoms with E-state index in [1.807, 2.05) is 0 Å². The number of fused-ring (bicyclic) bond motifs is 1. The van der Waals surface area contributed by atoms with Crippen LogP contribution in [0.2, 0.25) is 0 Å². The lowest BCUT2D eigenvalue weighted by molar-refractivity contribution is 0.233. The molecule has 2 heterocycles. The molecule has 0 saturated heterocycles. The maximum Gasteiger partial charge on any atom is 0.355 e. The fourth-order valence-corrected chi connectivity index (χ4v) is 3.50. The highest BCUT2D eigenvalue weighted by atomic mass is 32.2. The van der Waals surface area contributed by atoms with Crippen LogP contribution in [-0.4, -0.2) is 42.3 Å². The summed E-state index contributed by atoms with van der Waals surface area (Å²) in [5, 5.41) is 0.296. The summed E-state index contributed by atoms with van der Waals surface area (Å²) in [5.74, 6) is -3.81. The van der Waals surface area contributed by atoms with Crippen molar-refractivity contribution in [3.63, 3.8) is 0 Å². The minimum absolute atomic E-state index is 0.00862. The van der Waals surface area contributed by atoms with Gasteiger partial charge in [0.05, 0.1) is 31.4 Å². The summed E-state index contributed by atoms with van der Waals surface area (Å²) in [5.41, 5.74) is 6.02. The van der Waals surface area contributed by atoms with Crippen molar-refractivity contribution in [2.24, 2.45) is 0 Å². The molecule has 0 radical (unpaired) electrons. The first-order valence-corrected chi connectivity index (χ1v) is 8.70. The predicted molar refractivity (Wildman–Crippen MR) is 90.8 cm³/mol. The van der Waals surface area contributed by atoms with E-state index in [-0.39, 0.29) is 28.7 Å². The molecule has 0 amide bonds. The maximum absolute atomic E-state index is 13.1. The number of ether oxygens (including phenoxy) is 2. The summed E-state index contributed by atoms with van der Waals surface area (Å²) in [4.78, 5) is 8.26. The zero-order valence-electron chi connectivity index (χ0n) is 13.7. The highest BCUT2D eigenvalue weighted by molar-refractivity contribution is 7.90. The number of hydrogen-bond acceptors (Lipinski definition) is 7. The molecule has 0 aliphatic heterocycles. The second-order valence-corrected chi connectivity index (χ2v) is 6.88. The van der Waals surface area contributed by atoms with Gasteiger partial charge in [0, 0.05) is 5.39 Å². The molecule has 26 heavy (non-hydrogen) atoms. The fraction of sp³-hybridized carbons (Fsp3) is 0.200. The van der Waals surface area contributed by atoms with Crippen molar-refractivity contribution in [2.45, 2.75) is 5.76 Å². The molecule has 0 aliphatic carbocycles. The van der Waals surface area contributed by atoms with Crippen molar-refractivity contribution >= 4 is 26.7 Å². The molecular weight excluding hydrogens is 370 g/mol. The van der Waals surface area contributed by atoms with Crippen LogP contribution < -0.4 is 15.2 Å². The van der Waals surface area contributed by atoms with Crippen LogP contribution in [0, 0.1) is 0 Å². The Bertz CT molecular complexity index is 1060. The van der Waals surface area contributed by atoms with Crippen molar-refractivity contribution in [2.75, 3.05) is 20.0 Å². The van der Waals surface area contributed by atoms with E-state index in [2.05, 4.69) is 9.97 Å². The standard InChI is InChI=1S/C15H14F2N4O4S/c1-24-10-7-11(25-2)20-14(19-10)12-8-5-3-4-6-9(8)21(13(12)18)26(22,23)15(16)17/h3-7,15H,18H2,1-2H3. The normalized spacial score (nSPS) is 11.9. The average molecular weight is 384 g/mol. The van der Waals surface area contributed by atoms with Gasteiger partial charge < -0.3 is 15.2 Å². The number of aromatic nitrogens is 3. The predicted octanol–water partition coefficient (Wildman–Crippen LogP) is 2.10. The van der Waals surface area contributed by atoms with Crippen molar-refractivity contribution in [1.29, 1.82) is 0 Å². The van der Waals surface area contributed by atoms with Gasteiger partial charge in [-0.3, -0.25) is 0 Å². The third kappa shape index (κ3) is 2.69. The molecule has 0 saturated carbocycles. The van der Waals surface area contributed by atoms with Gasteiger partial charge in [-0.05, 0) is 6.07 Å². The number of nitrogen functional groups attached to an aromatic ring is 1. The molecule has 3 aromatic rings. The van der Waals surface area contributed by atoms with Crippen LogP contribution in [0.5, 0.6) is 11.8 Å². The van der Waals surface area contributed by atoms with Crippen molar-refractivity contribution in [1.82, 2.24) is 13.9 Å². The van der Waals surface area contributed by atoms with E-state index in [9.17, 15) is 17.2 Å². The van der Waals surface area contributed by atoms with E-state index in [0.29, 0.717) is 9.36 Å². The Morgan fingerprint density at radius 2 is 1.69 bits per heavy atom. The molecule has 11 heteroatoms. The van der Waals surface area contributed by atoms with E-state index >= 15 is 0 Å². The number of benzene rings is 1. The molecular formula is C15H14F2N4O4S. The van der Waals surface area contributed by atoms with Crippen LogP contribution in [-0.2, 0) is 10.0 Å². The third-order valence-corrected chi connectivity index (χ3v) is 5.02. The van der Waals surface area contributed by atoms with E-state index < -0.39 is 21.6 Å². The molecule has 1 aromatic carbocycles. The number of alkyl halides is 2. The molecule has 0 atom stereocenters. The summed E-state index contributed by atoms with van der Waals surface area (Å²) in [6.07, 6.45) is 0. The smallest absolute Gasteiger partial charge is 0.355 e. The van der Waals surface area contributed by atoms with Crippen LogP contribution in [0.4, 0.5) is 14.6 Å². The van der Waals surface area contributed by atoms with Gasteiger partial charge in [-0.15, -0.1) is 0 Å². The Labute approximate surface area is 147 Å². The van der Waals surface area contributed by atoms with Gasteiger partial charge in [0.1, 0.15) is 5.82 Å². The summed E-state index contributed by atoms with van der Waals surface area (Å²) in [7, 11) is -2.26. The van der Waals surface area contributed by atoms with Gasteiger partial charge in [-0.2, -0.15) is 27.2 Å². The average Bonchev–Trinajstić information content (AvgIpc) is 2.93. The molecule has 3 rings (SSSR count). The molecule has 0 bridgehead atoms. The minimum Gasteiger partial charge on any atom is -0.481 e. The second kappa shape index (κ2) is 6.41. The van der Waals surface area contributed by atoms with Crippen LogP contribution in [0.15, 0.2) is 30.3 Å². The number of rotatable bonds is 5. The van der Waals surface area contributed by atoms with E-state index in [1.165, 1.54) is 38.5 Å². The molecule has 0 aliphatic rings. The number of para-hydroxylation sites is 1. The molecule has 8 nitrogen and oxygen atoms in total. The first-order chi connectivity index (χ1) is 12.3. The van der Waals surface area contributed by atoms with E-state index in [1.54, 1.807) is 6.07 Å². The first kappa shape index (κ1) is 17.9. The SMILES string of the molecule is COc1cc(OC)nc(-c2c(N)n(S(=O)(=O)C(F)F)c3ccccc23)n1. The zero-order valence-corrected chi connectivity index (χ0v) is 14.5. The lowest BCUT2D eigenvalue weighted by Gasteiger charge is -2.09. The Balaban J connectivity index is 2.41. The maximum atomic E-state index is 13.1. The Morgan fingerprint density at radius 3 is 2.23 bits per heavy atom. The minimum atomic E-state index is -5.01. The molecule has 0 spiro atoms. The van der Waals surface area contributed by atoms with Gasteiger partial charge in [0.15, 0.2) is 5.82 Å². The Morgan fingerprint density at radius 1 is 1.12 bits per heavy atom.